The molecule has 0 saturated carbocycles. The number of carbonyl (C=O) groups excluding carboxylic acids is 2. The monoisotopic (exact) mass is 466 g/mol. The molecular weight excluding hydrogens is 448 g/mol. The predicted octanol–water partition coefficient (Wildman–Crippen LogP) is 2.64. The van der Waals surface area contributed by atoms with Crippen molar-refractivity contribution in [1.29, 1.82) is 0 Å². The molecule has 30 heavy (non-hydrogen) atoms. The van der Waals surface area contributed by atoms with Crippen molar-refractivity contribution in [2.45, 2.75) is 4.90 Å². The summed E-state index contributed by atoms with van der Waals surface area (Å²) in [6.07, 6.45) is 0. The Morgan fingerprint density at radius 1 is 1.20 bits per heavy atom. The Kier molecular flexibility index (Phi) is 6.41. The van der Waals surface area contributed by atoms with Crippen LogP contribution >= 0.6 is 22.9 Å². The van der Waals surface area contributed by atoms with E-state index < -0.39 is 21.7 Å². The molecule has 0 fully saturated rings. The van der Waals surface area contributed by atoms with Gasteiger partial charge in [-0.3, -0.25) is 14.9 Å². The first-order valence-corrected chi connectivity index (χ1v) is 11.6. The van der Waals surface area contributed by atoms with Crippen LogP contribution in [-0.2, 0) is 9.84 Å². The third kappa shape index (κ3) is 4.78. The molecule has 1 heterocycles. The molecule has 3 aromatic rings. The number of nitrogens with one attached hydrogen (secondary N) is 1. The van der Waals surface area contributed by atoms with Gasteiger partial charge in [-0.2, -0.15) is 0 Å². The first kappa shape index (κ1) is 22.2. The minimum atomic E-state index is -3.43. The van der Waals surface area contributed by atoms with Crippen LogP contribution in [-0.4, -0.2) is 56.5 Å². The lowest BCUT2D eigenvalue weighted by molar-refractivity contribution is 0.100. The van der Waals surface area contributed by atoms with Crippen molar-refractivity contribution in [3.8, 4) is 0 Å². The molecule has 158 valence electrons. The second-order valence-electron chi connectivity index (χ2n) is 6.76. The van der Waals surface area contributed by atoms with Crippen LogP contribution in [0.1, 0.15) is 20.7 Å². The number of hydrogen-bond donors (Lipinski definition) is 2. The number of thiazole rings is 1. The van der Waals surface area contributed by atoms with Crippen LogP contribution in [0.4, 0.5) is 5.13 Å². The topological polar surface area (TPSA) is 122 Å². The van der Waals surface area contributed by atoms with E-state index in [1.165, 1.54) is 24.3 Å². The van der Waals surface area contributed by atoms with Gasteiger partial charge < -0.3 is 10.6 Å². The van der Waals surface area contributed by atoms with Crippen LogP contribution in [0.2, 0.25) is 5.02 Å². The molecule has 3 rings (SSSR count). The van der Waals surface area contributed by atoms with Crippen molar-refractivity contribution in [2.24, 2.45) is 5.73 Å². The minimum absolute atomic E-state index is 0.00259. The van der Waals surface area contributed by atoms with Gasteiger partial charge in [0.05, 0.1) is 37.0 Å². The molecule has 0 saturated heterocycles. The number of benzene rings is 2. The number of aromatic nitrogens is 1. The molecule has 0 aliphatic carbocycles. The van der Waals surface area contributed by atoms with Crippen LogP contribution in [0, 0.1) is 0 Å². The van der Waals surface area contributed by atoms with E-state index in [1.54, 1.807) is 17.0 Å². The van der Waals surface area contributed by atoms with Crippen molar-refractivity contribution in [3.63, 3.8) is 0 Å². The second kappa shape index (κ2) is 8.68. The quantitative estimate of drug-likeness (QED) is 0.551. The zero-order chi connectivity index (χ0) is 22.1. The third-order valence-corrected chi connectivity index (χ3v) is 7.29. The van der Waals surface area contributed by atoms with E-state index in [0.29, 0.717) is 16.8 Å². The number of hydrogen-bond acceptors (Lipinski definition) is 7. The summed E-state index contributed by atoms with van der Waals surface area (Å²) in [6, 6.07) is 9.05. The number of sulfone groups is 1. The Labute approximate surface area is 182 Å². The number of primary amides is 1. The highest BCUT2D eigenvalue weighted by molar-refractivity contribution is 7.91. The van der Waals surface area contributed by atoms with Crippen molar-refractivity contribution in [3.05, 3.63) is 52.5 Å². The smallest absolute Gasteiger partial charge is 0.258 e. The summed E-state index contributed by atoms with van der Waals surface area (Å²) < 4.78 is 25.6. The molecule has 0 unspecified atom stereocenters. The molecule has 0 atom stereocenters. The molecule has 0 spiro atoms. The van der Waals surface area contributed by atoms with E-state index in [9.17, 15) is 18.0 Å². The Bertz CT molecular complexity index is 1240. The normalized spacial score (nSPS) is 11.7. The predicted molar refractivity (Wildman–Crippen MR) is 118 cm³/mol. The van der Waals surface area contributed by atoms with Gasteiger partial charge in [-0.1, -0.05) is 29.0 Å². The Hall–Kier alpha value is -2.53. The molecule has 0 radical (unpaired) electrons. The number of fused-ring (bicyclic) bond motifs is 1. The number of nitrogens with zero attached hydrogens (tertiary/aromatic N) is 2. The lowest BCUT2D eigenvalue weighted by Crippen LogP contribution is -2.21. The van der Waals surface area contributed by atoms with Gasteiger partial charge in [0.2, 0.25) is 5.91 Å². The first-order valence-electron chi connectivity index (χ1n) is 8.76. The van der Waals surface area contributed by atoms with Crippen molar-refractivity contribution < 1.29 is 18.0 Å². The maximum atomic E-state index is 12.6. The van der Waals surface area contributed by atoms with Gasteiger partial charge in [0, 0.05) is 6.54 Å². The summed E-state index contributed by atoms with van der Waals surface area (Å²) in [5, 5.41) is 2.86. The highest BCUT2D eigenvalue weighted by atomic mass is 35.5. The number of anilines is 1. The summed E-state index contributed by atoms with van der Waals surface area (Å²) >= 11 is 7.26. The molecule has 0 aliphatic heterocycles. The second-order valence-corrected chi connectivity index (χ2v) is 10.3. The van der Waals surface area contributed by atoms with Crippen molar-refractivity contribution >= 4 is 59.9 Å². The third-order valence-electron chi connectivity index (χ3n) is 4.26. The highest BCUT2D eigenvalue weighted by Gasteiger charge is 2.19. The maximum Gasteiger partial charge on any atom is 0.258 e. The van der Waals surface area contributed by atoms with Crippen LogP contribution in [0.25, 0.3) is 10.2 Å². The number of nitrogens with two attached hydrogens (primary N) is 1. The van der Waals surface area contributed by atoms with Crippen LogP contribution in [0.15, 0.2) is 41.3 Å². The molecule has 0 aliphatic rings. The van der Waals surface area contributed by atoms with E-state index in [2.05, 4.69) is 10.3 Å². The summed E-state index contributed by atoms with van der Waals surface area (Å²) in [5.74, 6) is -1.29. The average molecular weight is 467 g/mol. The standard InChI is InChI=1S/C19H19ClN4O4S2/c1-24(2)8-9-30(27,28)11-6-7-14-15(10-11)29-19(22-14)23-18(26)13-5-3-4-12(16(13)20)17(21)25/h3-7,10H,8-9H2,1-2H3,(H2,21,25)(H,22,23,26). The lowest BCUT2D eigenvalue weighted by Gasteiger charge is -2.09. The van der Waals surface area contributed by atoms with E-state index in [-0.39, 0.29) is 31.9 Å². The molecule has 2 aromatic carbocycles. The number of halogens is 1. The lowest BCUT2D eigenvalue weighted by atomic mass is 10.1. The van der Waals surface area contributed by atoms with Gasteiger partial charge in [0.15, 0.2) is 15.0 Å². The van der Waals surface area contributed by atoms with E-state index >= 15 is 0 Å². The molecule has 8 nitrogen and oxygen atoms in total. The Balaban J connectivity index is 1.86. The van der Waals surface area contributed by atoms with Crippen LogP contribution < -0.4 is 11.1 Å². The van der Waals surface area contributed by atoms with Crippen LogP contribution in [0.3, 0.4) is 0 Å². The number of rotatable bonds is 7. The molecule has 1 aromatic heterocycles. The number of amides is 2. The van der Waals surface area contributed by atoms with E-state index in [1.807, 2.05) is 14.1 Å². The van der Waals surface area contributed by atoms with Gasteiger partial charge in [0.25, 0.3) is 5.91 Å². The minimum Gasteiger partial charge on any atom is -0.366 e. The first-order chi connectivity index (χ1) is 14.1. The van der Waals surface area contributed by atoms with Gasteiger partial charge in [-0.25, -0.2) is 13.4 Å². The SMILES string of the molecule is CN(C)CCS(=O)(=O)c1ccc2nc(NC(=O)c3cccc(C(N)=O)c3Cl)sc2c1. The number of carbonyl (C=O) groups is 2. The van der Waals surface area contributed by atoms with Gasteiger partial charge in [0.1, 0.15) is 0 Å². The average Bonchev–Trinajstić information content (AvgIpc) is 3.07. The molecule has 3 N–H and O–H groups in total. The van der Waals surface area contributed by atoms with E-state index in [0.717, 1.165) is 11.3 Å². The summed E-state index contributed by atoms with van der Waals surface area (Å²) in [7, 11) is 0.182. The highest BCUT2D eigenvalue weighted by Crippen LogP contribution is 2.29. The molecule has 0 bridgehead atoms. The molecular formula is C19H19ClN4O4S2. The summed E-state index contributed by atoms with van der Waals surface area (Å²) in [6.45, 7) is 0.412. The molecule has 2 amide bonds. The van der Waals surface area contributed by atoms with Crippen LogP contribution in [0.5, 0.6) is 0 Å². The zero-order valence-electron chi connectivity index (χ0n) is 16.2. The Morgan fingerprint density at radius 2 is 1.90 bits per heavy atom. The Morgan fingerprint density at radius 3 is 2.57 bits per heavy atom. The van der Waals surface area contributed by atoms with Gasteiger partial charge in [-0.05, 0) is 44.4 Å². The largest absolute Gasteiger partial charge is 0.366 e. The molecule has 11 heteroatoms. The van der Waals surface area contributed by atoms with Gasteiger partial charge in [-0.15, -0.1) is 0 Å². The fourth-order valence-corrected chi connectivity index (χ4v) is 5.33. The van der Waals surface area contributed by atoms with Gasteiger partial charge >= 0.3 is 0 Å². The summed E-state index contributed by atoms with van der Waals surface area (Å²) in [4.78, 5) is 30.3. The zero-order valence-corrected chi connectivity index (χ0v) is 18.6. The fraction of sp³-hybridized carbons (Fsp3) is 0.211. The summed E-state index contributed by atoms with van der Waals surface area (Å²) in [5.41, 5.74) is 5.94. The van der Waals surface area contributed by atoms with E-state index in [4.69, 9.17) is 17.3 Å². The fourth-order valence-electron chi connectivity index (χ4n) is 2.63. The van der Waals surface area contributed by atoms with Crippen molar-refractivity contribution in [1.82, 2.24) is 9.88 Å². The maximum absolute atomic E-state index is 12.6. The van der Waals surface area contributed by atoms with Crippen molar-refractivity contribution in [2.75, 3.05) is 31.7 Å².